The van der Waals surface area contributed by atoms with Crippen molar-refractivity contribution in [2.24, 2.45) is 0 Å². The van der Waals surface area contributed by atoms with Crippen molar-refractivity contribution < 1.29 is 42.1 Å². The lowest BCUT2D eigenvalue weighted by Crippen LogP contribution is -2.37. The summed E-state index contributed by atoms with van der Waals surface area (Å²) in [6.07, 6.45) is 112. The zero-order valence-electron chi connectivity index (χ0n) is 65.7. The zero-order chi connectivity index (χ0) is 71.8. The van der Waals surface area contributed by atoms with Gasteiger partial charge in [-0.1, -0.05) is 406 Å². The number of allylic oxidation sites excluding steroid dienone is 18. The fourth-order valence-electron chi connectivity index (χ4n) is 12.2. The Kier molecular flexibility index (Phi) is 76.1. The van der Waals surface area contributed by atoms with Gasteiger partial charge in [-0.05, 0) is 83.5 Å². The number of unbranched alkanes of at least 4 members (excludes halogenated alkanes) is 46. The summed E-state index contributed by atoms with van der Waals surface area (Å²) < 4.78 is 34.4. The van der Waals surface area contributed by atoms with E-state index < -0.39 is 26.5 Å². The highest BCUT2D eigenvalue weighted by Gasteiger charge is 2.22. The van der Waals surface area contributed by atoms with Crippen LogP contribution in [0.2, 0.25) is 0 Å². The maximum absolute atomic E-state index is 12.9. The Morgan fingerprint density at radius 1 is 0.323 bits per heavy atom. The van der Waals surface area contributed by atoms with Gasteiger partial charge in [-0.25, -0.2) is 0 Å². The second kappa shape index (κ2) is 78.8. The van der Waals surface area contributed by atoms with Crippen molar-refractivity contribution >= 4 is 19.8 Å². The van der Waals surface area contributed by atoms with Crippen molar-refractivity contribution in [3.63, 3.8) is 0 Å². The summed E-state index contributed by atoms with van der Waals surface area (Å²) in [6, 6.07) is 0. The van der Waals surface area contributed by atoms with E-state index >= 15 is 0 Å². The molecule has 9 nitrogen and oxygen atoms in total. The Balaban J connectivity index is 3.96. The molecular weight excluding hydrogens is 1240 g/mol. The molecule has 2 unspecified atom stereocenters. The van der Waals surface area contributed by atoms with Crippen molar-refractivity contribution in [2.45, 2.75) is 399 Å². The van der Waals surface area contributed by atoms with E-state index in [0.29, 0.717) is 17.4 Å². The molecule has 99 heavy (non-hydrogen) atoms. The van der Waals surface area contributed by atoms with Crippen LogP contribution in [-0.2, 0) is 32.7 Å². The molecular formula is C89H160NO8P. The number of carbonyl (C=O) groups excluding carboxylic acids is 2. The van der Waals surface area contributed by atoms with Gasteiger partial charge in [-0.15, -0.1) is 0 Å². The number of rotatable bonds is 78. The summed E-state index contributed by atoms with van der Waals surface area (Å²) in [4.78, 5) is 38.2. The molecule has 0 spiro atoms. The van der Waals surface area contributed by atoms with E-state index in [-0.39, 0.29) is 32.0 Å². The van der Waals surface area contributed by atoms with E-state index in [4.69, 9.17) is 18.5 Å². The number of nitrogens with zero attached hydrogens (tertiary/aromatic N) is 1. The average molecular weight is 1400 g/mol. The Morgan fingerprint density at radius 2 is 0.576 bits per heavy atom. The number of esters is 2. The first-order valence-corrected chi connectivity index (χ1v) is 43.6. The van der Waals surface area contributed by atoms with Crippen LogP contribution in [0.15, 0.2) is 109 Å². The lowest BCUT2D eigenvalue weighted by Gasteiger charge is -2.28. The Morgan fingerprint density at radius 3 is 0.859 bits per heavy atom. The molecule has 0 amide bonds. The highest BCUT2D eigenvalue weighted by Crippen LogP contribution is 2.38. The first-order valence-electron chi connectivity index (χ1n) is 42.1. The molecule has 0 saturated heterocycles. The van der Waals surface area contributed by atoms with Crippen molar-refractivity contribution in [1.29, 1.82) is 0 Å². The highest BCUT2D eigenvalue weighted by molar-refractivity contribution is 7.45. The van der Waals surface area contributed by atoms with Gasteiger partial charge in [0.2, 0.25) is 0 Å². The average Bonchev–Trinajstić information content (AvgIpc) is 0.999. The van der Waals surface area contributed by atoms with Crippen LogP contribution < -0.4 is 4.89 Å². The molecule has 10 heteroatoms. The maximum Gasteiger partial charge on any atom is 0.306 e. The number of hydrogen-bond donors (Lipinski definition) is 0. The molecule has 0 heterocycles. The molecule has 0 radical (unpaired) electrons. The number of ether oxygens (including phenoxy) is 2. The van der Waals surface area contributed by atoms with Gasteiger partial charge >= 0.3 is 11.9 Å². The summed E-state index contributed by atoms with van der Waals surface area (Å²) >= 11 is 0. The van der Waals surface area contributed by atoms with E-state index in [2.05, 4.69) is 123 Å². The van der Waals surface area contributed by atoms with Crippen molar-refractivity contribution in [2.75, 3.05) is 47.5 Å². The minimum atomic E-state index is -4.65. The van der Waals surface area contributed by atoms with E-state index in [1.807, 2.05) is 21.1 Å². The van der Waals surface area contributed by atoms with Crippen LogP contribution in [0.3, 0.4) is 0 Å². The first kappa shape index (κ1) is 95.7. The monoisotopic (exact) mass is 1400 g/mol. The van der Waals surface area contributed by atoms with Gasteiger partial charge in [0.1, 0.15) is 19.8 Å². The molecule has 0 aromatic rings. The number of phosphoric acid groups is 1. The summed E-state index contributed by atoms with van der Waals surface area (Å²) in [5.41, 5.74) is 0. The quantitative estimate of drug-likeness (QED) is 0.0195. The summed E-state index contributed by atoms with van der Waals surface area (Å²) in [5.74, 6) is -0.829. The lowest BCUT2D eigenvalue weighted by atomic mass is 10.0. The van der Waals surface area contributed by atoms with Gasteiger partial charge in [0.15, 0.2) is 6.10 Å². The van der Waals surface area contributed by atoms with Crippen LogP contribution in [0.1, 0.15) is 393 Å². The second-order valence-electron chi connectivity index (χ2n) is 29.5. The smallest absolute Gasteiger partial charge is 0.306 e. The highest BCUT2D eigenvalue weighted by atomic mass is 31.2. The number of likely N-dealkylation sites (N-methyl/N-ethyl adjacent to an activating group) is 1. The third-order valence-corrected chi connectivity index (χ3v) is 19.5. The van der Waals surface area contributed by atoms with Gasteiger partial charge in [0.25, 0.3) is 7.82 Å². The predicted molar refractivity (Wildman–Crippen MR) is 429 cm³/mol. The number of phosphoric ester groups is 1. The molecule has 0 rings (SSSR count). The SMILES string of the molecule is CC/C=C\C/C=C\C/C=C\C/C=C\C/C=C\C/C=C\C/C=C\C/C=C\C/C=C\CCCCCCCCCCCC(=O)OC(COC(=O)CCCCCCCCCCCCCCCCCCCCCCCCCCCCCCCCCCCCCCCC)COP(=O)([O-])OCC[N+](C)(C)C. The molecule has 0 fully saturated rings. The standard InChI is InChI=1S/C89H160NO8P/c1-6-8-10-12-14-16-18-20-22-24-26-28-30-32-34-36-38-40-42-44-46-47-49-51-53-55-57-59-61-63-65-67-69-71-73-75-77-79-81-88(91)95-85-87(86-97-99(93,94)96-84-83-90(3,4)5)98-89(92)82-80-78-76-74-72-70-68-66-64-62-60-58-56-54-52-50-48-45-43-41-39-37-35-33-31-29-27-25-23-21-19-17-15-13-11-9-7-2/h9,11,15,17,21,23,27,29,33,35,39,41,45,48,52,54,58,60,87H,6-8,10,12-14,16,18-20,22,24-26,28,30-32,34,36-38,40,42-44,46-47,49-51,53,55-57,59,61-86H2,1-5H3/b11-9-,17-15-,23-21-,29-27-,35-33-,41-39-,48-45-,54-52-,60-58-. The Labute approximate surface area is 614 Å². The summed E-state index contributed by atoms with van der Waals surface area (Å²) in [7, 11) is 1.17. The van der Waals surface area contributed by atoms with Crippen LogP contribution in [0.25, 0.3) is 0 Å². The molecule has 0 aromatic carbocycles. The summed E-state index contributed by atoms with van der Waals surface area (Å²) in [5, 5.41) is 0. The molecule has 0 aromatic heterocycles. The Hall–Kier alpha value is -3.33. The van der Waals surface area contributed by atoms with Crippen LogP contribution in [0.4, 0.5) is 0 Å². The van der Waals surface area contributed by atoms with Crippen LogP contribution >= 0.6 is 7.82 Å². The second-order valence-corrected chi connectivity index (χ2v) is 30.9. The normalized spacial score (nSPS) is 13.6. The van der Waals surface area contributed by atoms with E-state index in [1.54, 1.807) is 0 Å². The maximum atomic E-state index is 12.9. The van der Waals surface area contributed by atoms with Gasteiger partial charge in [0.05, 0.1) is 27.7 Å². The molecule has 0 bridgehead atoms. The fourth-order valence-corrected chi connectivity index (χ4v) is 12.9. The molecule has 0 N–H and O–H groups in total. The van der Waals surface area contributed by atoms with Crippen molar-refractivity contribution in [1.82, 2.24) is 0 Å². The Bertz CT molecular complexity index is 2040. The molecule has 0 saturated carbocycles. The van der Waals surface area contributed by atoms with Crippen LogP contribution in [0.5, 0.6) is 0 Å². The van der Waals surface area contributed by atoms with Crippen molar-refractivity contribution in [3.05, 3.63) is 109 Å². The first-order chi connectivity index (χ1) is 48.5. The van der Waals surface area contributed by atoms with Crippen LogP contribution in [0, 0.1) is 0 Å². The minimum Gasteiger partial charge on any atom is -0.756 e. The van der Waals surface area contributed by atoms with Gasteiger partial charge in [-0.3, -0.25) is 14.2 Å². The molecule has 2 atom stereocenters. The van der Waals surface area contributed by atoms with E-state index in [1.165, 1.54) is 257 Å². The molecule has 574 valence electrons. The fraction of sp³-hybridized carbons (Fsp3) is 0.775. The molecule has 0 aliphatic rings. The van der Waals surface area contributed by atoms with E-state index in [9.17, 15) is 19.0 Å². The third-order valence-electron chi connectivity index (χ3n) is 18.6. The zero-order valence-corrected chi connectivity index (χ0v) is 66.6. The number of hydrogen-bond acceptors (Lipinski definition) is 8. The molecule has 0 aliphatic carbocycles. The molecule has 0 aliphatic heterocycles. The third kappa shape index (κ3) is 83.5. The van der Waals surface area contributed by atoms with Gasteiger partial charge < -0.3 is 27.9 Å². The van der Waals surface area contributed by atoms with Gasteiger partial charge in [0, 0.05) is 12.8 Å². The lowest BCUT2D eigenvalue weighted by molar-refractivity contribution is -0.870. The predicted octanol–water partition coefficient (Wildman–Crippen LogP) is 27.7. The largest absolute Gasteiger partial charge is 0.756 e. The summed E-state index contributed by atoms with van der Waals surface area (Å²) in [6.45, 7) is 4.17. The van der Waals surface area contributed by atoms with Gasteiger partial charge in [-0.2, -0.15) is 0 Å². The number of quaternary nitrogens is 1. The van der Waals surface area contributed by atoms with Crippen molar-refractivity contribution in [3.8, 4) is 0 Å². The minimum absolute atomic E-state index is 0.0348. The topological polar surface area (TPSA) is 111 Å². The van der Waals surface area contributed by atoms with E-state index in [0.717, 1.165) is 103 Å². The number of carbonyl (C=O) groups is 2. The van der Waals surface area contributed by atoms with Crippen LogP contribution in [-0.4, -0.2) is 70.0 Å².